The van der Waals surface area contributed by atoms with E-state index in [1.807, 2.05) is 20.8 Å². The monoisotopic (exact) mass is 173 g/mol. The molecule has 12 heavy (non-hydrogen) atoms. The van der Waals surface area contributed by atoms with Crippen LogP contribution in [0.4, 0.5) is 4.39 Å². The van der Waals surface area contributed by atoms with Gasteiger partial charge in [0.25, 0.3) is 0 Å². The lowest BCUT2D eigenvalue weighted by molar-refractivity contribution is -0.133. The molecule has 1 fully saturated rings. The van der Waals surface area contributed by atoms with Gasteiger partial charge in [0, 0.05) is 18.4 Å². The Balaban J connectivity index is 2.52. The molecule has 0 N–H and O–H groups in total. The van der Waals surface area contributed by atoms with Crippen LogP contribution in [0, 0.1) is 11.8 Å². The van der Waals surface area contributed by atoms with Crippen molar-refractivity contribution in [3.63, 3.8) is 0 Å². The van der Waals surface area contributed by atoms with Crippen molar-refractivity contribution in [2.75, 3.05) is 13.1 Å². The predicted molar refractivity (Wildman–Crippen MR) is 45.5 cm³/mol. The van der Waals surface area contributed by atoms with Crippen LogP contribution in [-0.2, 0) is 4.79 Å². The largest absolute Gasteiger partial charge is 0.339 e. The molecule has 0 aromatic carbocycles. The van der Waals surface area contributed by atoms with E-state index in [4.69, 9.17) is 0 Å². The van der Waals surface area contributed by atoms with Crippen LogP contribution in [0.15, 0.2) is 0 Å². The molecule has 1 heterocycles. The Morgan fingerprint density at radius 3 is 2.42 bits per heavy atom. The van der Waals surface area contributed by atoms with Crippen molar-refractivity contribution >= 4 is 5.91 Å². The van der Waals surface area contributed by atoms with Gasteiger partial charge in [-0.2, -0.15) is 0 Å². The zero-order valence-corrected chi connectivity index (χ0v) is 7.88. The maximum absolute atomic E-state index is 13.0. The van der Waals surface area contributed by atoms with Gasteiger partial charge in [-0.15, -0.1) is 0 Å². The highest BCUT2D eigenvalue weighted by atomic mass is 19.1. The standard InChI is InChI=1S/C9H16FNO/c1-6(2)9(12)11-4-7(3)8(10)5-11/h6-8H,4-5H2,1-3H3/t7-,8-/m0/s1. The van der Waals surface area contributed by atoms with E-state index in [0.29, 0.717) is 6.54 Å². The third-order valence-electron chi connectivity index (χ3n) is 2.33. The molecule has 1 rings (SSSR count). The van der Waals surface area contributed by atoms with E-state index in [-0.39, 0.29) is 24.3 Å². The zero-order valence-electron chi connectivity index (χ0n) is 7.88. The summed E-state index contributed by atoms with van der Waals surface area (Å²) in [4.78, 5) is 13.0. The quantitative estimate of drug-likeness (QED) is 0.588. The van der Waals surface area contributed by atoms with Crippen molar-refractivity contribution in [3.8, 4) is 0 Å². The van der Waals surface area contributed by atoms with Gasteiger partial charge in [0.15, 0.2) is 0 Å². The molecule has 0 aliphatic carbocycles. The summed E-state index contributed by atoms with van der Waals surface area (Å²) in [5.41, 5.74) is 0. The lowest BCUT2D eigenvalue weighted by atomic mass is 10.1. The fourth-order valence-electron chi connectivity index (χ4n) is 1.47. The SMILES string of the molecule is CC(C)C(=O)N1C[C@H](C)[C@@H](F)C1. The molecule has 1 aliphatic heterocycles. The first-order chi connectivity index (χ1) is 5.52. The van der Waals surface area contributed by atoms with Crippen LogP contribution in [0.2, 0.25) is 0 Å². The summed E-state index contributed by atoms with van der Waals surface area (Å²) in [5.74, 6) is 0.0669. The van der Waals surface area contributed by atoms with Gasteiger partial charge in [-0.1, -0.05) is 20.8 Å². The molecule has 3 heteroatoms. The van der Waals surface area contributed by atoms with Crippen LogP contribution in [0.25, 0.3) is 0 Å². The second kappa shape index (κ2) is 3.42. The Morgan fingerprint density at radius 1 is 1.50 bits per heavy atom. The smallest absolute Gasteiger partial charge is 0.225 e. The van der Waals surface area contributed by atoms with Gasteiger partial charge < -0.3 is 4.90 Å². The number of likely N-dealkylation sites (tertiary alicyclic amines) is 1. The third-order valence-corrected chi connectivity index (χ3v) is 2.33. The molecular weight excluding hydrogens is 157 g/mol. The van der Waals surface area contributed by atoms with E-state index in [1.54, 1.807) is 4.90 Å². The van der Waals surface area contributed by atoms with Crippen molar-refractivity contribution in [2.24, 2.45) is 11.8 Å². The molecular formula is C9H16FNO. The van der Waals surface area contributed by atoms with E-state index < -0.39 is 6.17 Å². The predicted octanol–water partition coefficient (Wildman–Crippen LogP) is 1.46. The van der Waals surface area contributed by atoms with Crippen molar-refractivity contribution in [3.05, 3.63) is 0 Å². The molecule has 0 aromatic rings. The lowest BCUT2D eigenvalue weighted by Crippen LogP contribution is -2.32. The van der Waals surface area contributed by atoms with Crippen LogP contribution in [0.5, 0.6) is 0 Å². The van der Waals surface area contributed by atoms with E-state index in [9.17, 15) is 9.18 Å². The number of halogens is 1. The average molecular weight is 173 g/mol. The Morgan fingerprint density at radius 2 is 2.08 bits per heavy atom. The topological polar surface area (TPSA) is 20.3 Å². The molecule has 0 radical (unpaired) electrons. The molecule has 1 aliphatic rings. The molecule has 2 nitrogen and oxygen atoms in total. The number of alkyl halides is 1. The van der Waals surface area contributed by atoms with E-state index in [2.05, 4.69) is 0 Å². The first-order valence-corrected chi connectivity index (χ1v) is 4.45. The zero-order chi connectivity index (χ0) is 9.30. The van der Waals surface area contributed by atoms with Gasteiger partial charge in [0.05, 0.1) is 6.54 Å². The van der Waals surface area contributed by atoms with Crippen molar-refractivity contribution in [1.82, 2.24) is 4.90 Å². The lowest BCUT2D eigenvalue weighted by Gasteiger charge is -2.17. The fourth-order valence-corrected chi connectivity index (χ4v) is 1.47. The van der Waals surface area contributed by atoms with E-state index in [0.717, 1.165) is 0 Å². The molecule has 1 saturated heterocycles. The minimum atomic E-state index is -0.826. The first kappa shape index (κ1) is 9.49. The average Bonchev–Trinajstić information content (AvgIpc) is 2.30. The number of amides is 1. The molecule has 0 aromatic heterocycles. The summed E-state index contributed by atoms with van der Waals surface area (Å²) >= 11 is 0. The Bertz CT molecular complexity index is 171. The van der Waals surface area contributed by atoms with Gasteiger partial charge in [0.2, 0.25) is 5.91 Å². The molecule has 0 spiro atoms. The first-order valence-electron chi connectivity index (χ1n) is 4.45. The number of nitrogens with zero attached hydrogens (tertiary/aromatic N) is 1. The summed E-state index contributed by atoms with van der Waals surface area (Å²) in [5, 5.41) is 0. The molecule has 70 valence electrons. The Labute approximate surface area is 72.7 Å². The Kier molecular flexibility index (Phi) is 2.70. The van der Waals surface area contributed by atoms with Crippen molar-refractivity contribution in [1.29, 1.82) is 0 Å². The number of carbonyl (C=O) groups is 1. The van der Waals surface area contributed by atoms with Crippen LogP contribution in [0.3, 0.4) is 0 Å². The third kappa shape index (κ3) is 1.76. The maximum atomic E-state index is 13.0. The molecule has 0 saturated carbocycles. The highest BCUT2D eigenvalue weighted by molar-refractivity contribution is 5.78. The summed E-state index contributed by atoms with van der Waals surface area (Å²) in [6, 6.07) is 0. The number of carbonyl (C=O) groups excluding carboxylic acids is 1. The normalized spacial score (nSPS) is 29.9. The van der Waals surface area contributed by atoms with Crippen LogP contribution in [0.1, 0.15) is 20.8 Å². The molecule has 2 atom stereocenters. The highest BCUT2D eigenvalue weighted by Crippen LogP contribution is 2.20. The van der Waals surface area contributed by atoms with Crippen LogP contribution in [-0.4, -0.2) is 30.1 Å². The van der Waals surface area contributed by atoms with Crippen molar-refractivity contribution < 1.29 is 9.18 Å². The highest BCUT2D eigenvalue weighted by Gasteiger charge is 2.32. The van der Waals surface area contributed by atoms with Crippen LogP contribution < -0.4 is 0 Å². The fraction of sp³-hybridized carbons (Fsp3) is 0.889. The van der Waals surface area contributed by atoms with Crippen LogP contribution >= 0.6 is 0 Å². The molecule has 0 bridgehead atoms. The summed E-state index contributed by atoms with van der Waals surface area (Å²) in [6.07, 6.45) is -0.826. The minimum absolute atomic E-state index is 0.00713. The number of rotatable bonds is 1. The minimum Gasteiger partial charge on any atom is -0.339 e. The Hall–Kier alpha value is -0.600. The van der Waals surface area contributed by atoms with Crippen molar-refractivity contribution in [2.45, 2.75) is 26.9 Å². The van der Waals surface area contributed by atoms with E-state index in [1.165, 1.54) is 0 Å². The summed E-state index contributed by atoms with van der Waals surface area (Å²) < 4.78 is 13.0. The van der Waals surface area contributed by atoms with Gasteiger partial charge in [-0.25, -0.2) is 4.39 Å². The second-order valence-corrected chi connectivity index (χ2v) is 3.89. The van der Waals surface area contributed by atoms with E-state index >= 15 is 0 Å². The number of hydrogen-bond donors (Lipinski definition) is 0. The molecule has 1 amide bonds. The van der Waals surface area contributed by atoms with Gasteiger partial charge >= 0.3 is 0 Å². The van der Waals surface area contributed by atoms with Gasteiger partial charge in [-0.3, -0.25) is 4.79 Å². The van der Waals surface area contributed by atoms with Gasteiger partial charge in [-0.05, 0) is 0 Å². The summed E-state index contributed by atoms with van der Waals surface area (Å²) in [6.45, 7) is 6.41. The second-order valence-electron chi connectivity index (χ2n) is 3.89. The summed E-state index contributed by atoms with van der Waals surface area (Å²) in [7, 11) is 0. The van der Waals surface area contributed by atoms with Gasteiger partial charge in [0.1, 0.15) is 6.17 Å². The maximum Gasteiger partial charge on any atom is 0.225 e. The molecule has 0 unspecified atom stereocenters. The number of hydrogen-bond acceptors (Lipinski definition) is 1.